The molecule has 0 radical (unpaired) electrons. The molecule has 0 saturated heterocycles. The zero-order chi connectivity index (χ0) is 12.4. The van der Waals surface area contributed by atoms with Gasteiger partial charge >= 0.3 is 0 Å². The van der Waals surface area contributed by atoms with Gasteiger partial charge in [-0.15, -0.1) is 0 Å². The van der Waals surface area contributed by atoms with E-state index in [2.05, 4.69) is 4.98 Å². The van der Waals surface area contributed by atoms with Gasteiger partial charge in [-0.1, -0.05) is 41.7 Å². The van der Waals surface area contributed by atoms with Crippen molar-refractivity contribution >= 4 is 21.6 Å². The second kappa shape index (κ2) is 4.74. The van der Waals surface area contributed by atoms with E-state index in [4.69, 9.17) is 4.74 Å². The Morgan fingerprint density at radius 3 is 2.78 bits per heavy atom. The standard InChI is InChI=1S/C14H10FNOS/c15-14-16-12-8-11(6-7-13(12)18-14)17-9-10-4-2-1-3-5-10/h1-8H,9H2. The van der Waals surface area contributed by atoms with Crippen molar-refractivity contribution in [2.24, 2.45) is 0 Å². The molecule has 0 amide bonds. The van der Waals surface area contributed by atoms with Crippen molar-refractivity contribution in [3.05, 3.63) is 59.4 Å². The van der Waals surface area contributed by atoms with Gasteiger partial charge < -0.3 is 4.74 Å². The molecule has 4 heteroatoms. The van der Waals surface area contributed by atoms with E-state index in [9.17, 15) is 4.39 Å². The Morgan fingerprint density at radius 2 is 1.94 bits per heavy atom. The van der Waals surface area contributed by atoms with Crippen LogP contribution in [0.3, 0.4) is 0 Å². The van der Waals surface area contributed by atoms with Crippen LogP contribution in [0.25, 0.3) is 10.2 Å². The molecule has 0 aliphatic heterocycles. The van der Waals surface area contributed by atoms with Gasteiger partial charge in [0.2, 0.25) is 0 Å². The van der Waals surface area contributed by atoms with Crippen molar-refractivity contribution < 1.29 is 9.13 Å². The quantitative estimate of drug-likeness (QED) is 0.709. The lowest BCUT2D eigenvalue weighted by Gasteiger charge is -2.05. The van der Waals surface area contributed by atoms with Crippen LogP contribution in [0.4, 0.5) is 4.39 Å². The van der Waals surface area contributed by atoms with Gasteiger partial charge in [0.1, 0.15) is 12.4 Å². The number of thiazole rings is 1. The van der Waals surface area contributed by atoms with Gasteiger partial charge in [-0.2, -0.15) is 4.39 Å². The van der Waals surface area contributed by atoms with Crippen LogP contribution < -0.4 is 4.74 Å². The van der Waals surface area contributed by atoms with E-state index >= 15 is 0 Å². The highest BCUT2D eigenvalue weighted by Gasteiger charge is 2.04. The van der Waals surface area contributed by atoms with Crippen molar-refractivity contribution in [3.8, 4) is 5.75 Å². The zero-order valence-corrected chi connectivity index (χ0v) is 10.3. The lowest BCUT2D eigenvalue weighted by molar-refractivity contribution is 0.306. The summed E-state index contributed by atoms with van der Waals surface area (Å²) in [5.41, 5.74) is 1.74. The second-order valence-corrected chi connectivity index (χ2v) is 4.85. The highest BCUT2D eigenvalue weighted by molar-refractivity contribution is 7.17. The Morgan fingerprint density at radius 1 is 1.11 bits per heavy atom. The lowest BCUT2D eigenvalue weighted by Crippen LogP contribution is -1.94. The minimum absolute atomic E-state index is 0.412. The summed E-state index contributed by atoms with van der Waals surface area (Å²) in [6, 6.07) is 15.3. The van der Waals surface area contributed by atoms with E-state index in [1.165, 1.54) is 0 Å². The third kappa shape index (κ3) is 2.33. The van der Waals surface area contributed by atoms with Gasteiger partial charge in [-0.3, -0.25) is 0 Å². The maximum absolute atomic E-state index is 13.0. The second-order valence-electron chi connectivity index (χ2n) is 3.87. The van der Waals surface area contributed by atoms with Gasteiger partial charge in [0.25, 0.3) is 5.26 Å². The van der Waals surface area contributed by atoms with E-state index in [0.717, 1.165) is 21.6 Å². The molecular weight excluding hydrogens is 249 g/mol. The topological polar surface area (TPSA) is 22.1 Å². The molecule has 0 aliphatic carbocycles. The predicted octanol–water partition coefficient (Wildman–Crippen LogP) is 4.01. The first-order valence-corrected chi connectivity index (χ1v) is 6.36. The van der Waals surface area contributed by atoms with E-state index in [1.54, 1.807) is 6.07 Å². The van der Waals surface area contributed by atoms with Crippen LogP contribution in [0.5, 0.6) is 5.75 Å². The summed E-state index contributed by atoms with van der Waals surface area (Å²) in [6.45, 7) is 0.499. The number of halogens is 1. The van der Waals surface area contributed by atoms with E-state index in [-0.39, 0.29) is 0 Å². The molecule has 1 heterocycles. The number of hydrogen-bond acceptors (Lipinski definition) is 3. The van der Waals surface area contributed by atoms with Gasteiger partial charge in [0, 0.05) is 6.07 Å². The molecule has 3 aromatic rings. The fourth-order valence-corrected chi connectivity index (χ4v) is 2.38. The summed E-state index contributed by atoms with van der Waals surface area (Å²) in [6.07, 6.45) is 0. The summed E-state index contributed by atoms with van der Waals surface area (Å²) in [5, 5.41) is -0.412. The molecule has 18 heavy (non-hydrogen) atoms. The molecule has 3 rings (SSSR count). The Kier molecular flexibility index (Phi) is 2.94. The fraction of sp³-hybridized carbons (Fsp3) is 0.0714. The van der Waals surface area contributed by atoms with Crippen LogP contribution in [0.15, 0.2) is 48.5 Å². The van der Waals surface area contributed by atoms with Crippen LogP contribution in [-0.2, 0) is 6.61 Å². The maximum atomic E-state index is 13.0. The molecule has 1 aromatic heterocycles. The van der Waals surface area contributed by atoms with Crippen LogP contribution in [0.2, 0.25) is 0 Å². The Hall–Kier alpha value is -1.94. The number of rotatable bonds is 3. The first-order valence-electron chi connectivity index (χ1n) is 5.54. The molecule has 2 nitrogen and oxygen atoms in total. The van der Waals surface area contributed by atoms with Crippen LogP contribution in [-0.4, -0.2) is 4.98 Å². The predicted molar refractivity (Wildman–Crippen MR) is 70.4 cm³/mol. The van der Waals surface area contributed by atoms with E-state index < -0.39 is 5.26 Å². The number of benzene rings is 2. The normalized spacial score (nSPS) is 10.7. The first-order chi connectivity index (χ1) is 8.81. The number of nitrogens with zero attached hydrogens (tertiary/aromatic N) is 1. The number of ether oxygens (including phenoxy) is 1. The number of hydrogen-bond donors (Lipinski definition) is 0. The number of fused-ring (bicyclic) bond motifs is 1. The van der Waals surface area contributed by atoms with Gasteiger partial charge in [-0.05, 0) is 17.7 Å². The van der Waals surface area contributed by atoms with Crippen LogP contribution in [0, 0.1) is 5.26 Å². The summed E-state index contributed by atoms with van der Waals surface area (Å²) in [4.78, 5) is 3.80. The minimum Gasteiger partial charge on any atom is -0.489 e. The number of aromatic nitrogens is 1. The molecule has 0 bridgehead atoms. The molecule has 90 valence electrons. The summed E-state index contributed by atoms with van der Waals surface area (Å²) in [7, 11) is 0. The Balaban J connectivity index is 1.78. The van der Waals surface area contributed by atoms with Crippen molar-refractivity contribution in [3.63, 3.8) is 0 Å². The summed E-state index contributed by atoms with van der Waals surface area (Å²) >= 11 is 1.04. The van der Waals surface area contributed by atoms with Crippen molar-refractivity contribution in [1.82, 2.24) is 4.98 Å². The highest BCUT2D eigenvalue weighted by atomic mass is 32.1. The van der Waals surface area contributed by atoms with Gasteiger partial charge in [-0.25, -0.2) is 4.98 Å². The molecule has 2 aromatic carbocycles. The smallest absolute Gasteiger partial charge is 0.270 e. The van der Waals surface area contributed by atoms with E-state index in [0.29, 0.717) is 17.9 Å². The van der Waals surface area contributed by atoms with Crippen molar-refractivity contribution in [2.75, 3.05) is 0 Å². The minimum atomic E-state index is -0.412. The zero-order valence-electron chi connectivity index (χ0n) is 9.47. The van der Waals surface area contributed by atoms with Crippen molar-refractivity contribution in [2.45, 2.75) is 6.61 Å². The molecule has 0 atom stereocenters. The van der Waals surface area contributed by atoms with Gasteiger partial charge in [0.05, 0.1) is 10.2 Å². The molecule has 0 unspecified atom stereocenters. The average Bonchev–Trinajstić information content (AvgIpc) is 2.77. The lowest BCUT2D eigenvalue weighted by atomic mass is 10.2. The third-order valence-electron chi connectivity index (χ3n) is 2.58. The fourth-order valence-electron chi connectivity index (χ4n) is 1.71. The summed E-state index contributed by atoms with van der Waals surface area (Å²) < 4.78 is 19.5. The monoisotopic (exact) mass is 259 g/mol. The largest absolute Gasteiger partial charge is 0.489 e. The van der Waals surface area contributed by atoms with E-state index in [1.807, 2.05) is 42.5 Å². The molecule has 0 aliphatic rings. The third-order valence-corrected chi connectivity index (χ3v) is 3.41. The molecule has 0 N–H and O–H groups in total. The molecule has 0 spiro atoms. The molecule has 0 saturated carbocycles. The first kappa shape index (κ1) is 11.2. The Labute approximate surface area is 108 Å². The average molecular weight is 259 g/mol. The highest BCUT2D eigenvalue weighted by Crippen LogP contribution is 2.25. The van der Waals surface area contributed by atoms with Crippen LogP contribution in [0.1, 0.15) is 5.56 Å². The SMILES string of the molecule is Fc1nc2cc(OCc3ccccc3)ccc2s1. The molecular formula is C14H10FNOS. The molecule has 0 fully saturated rings. The Bertz CT molecular complexity index is 666. The van der Waals surface area contributed by atoms with Crippen LogP contribution >= 0.6 is 11.3 Å². The summed E-state index contributed by atoms with van der Waals surface area (Å²) in [5.74, 6) is 0.705. The van der Waals surface area contributed by atoms with Gasteiger partial charge in [0.15, 0.2) is 0 Å². The maximum Gasteiger partial charge on any atom is 0.270 e. The van der Waals surface area contributed by atoms with Crippen molar-refractivity contribution in [1.29, 1.82) is 0 Å².